The summed E-state index contributed by atoms with van der Waals surface area (Å²) in [5.74, 6) is 0.103. The number of sulfonamides is 1. The predicted octanol–water partition coefficient (Wildman–Crippen LogP) is 2.07. The summed E-state index contributed by atoms with van der Waals surface area (Å²) in [5, 5.41) is 2.89. The monoisotopic (exact) mass is 377 g/mol. The standard InChI is InChI=1S/C19H27N3O3S/c1-22-9-8-13(11-22)12-26(24,25)21-19(23)20-18-16-6-2-4-14(16)10-15-5-3-7-17(15)18/h10,13H,2-9,11-12H2,1H3,(H2,20,21,23). The third-order valence-electron chi connectivity index (χ3n) is 5.90. The highest BCUT2D eigenvalue weighted by Crippen LogP contribution is 2.38. The van der Waals surface area contributed by atoms with Crippen LogP contribution in [0, 0.1) is 5.92 Å². The van der Waals surface area contributed by atoms with Crippen LogP contribution in [-0.2, 0) is 35.7 Å². The quantitative estimate of drug-likeness (QED) is 0.842. The minimum atomic E-state index is -3.62. The highest BCUT2D eigenvalue weighted by Gasteiger charge is 2.28. The summed E-state index contributed by atoms with van der Waals surface area (Å²) in [6.45, 7) is 1.68. The lowest BCUT2D eigenvalue weighted by Gasteiger charge is -2.17. The van der Waals surface area contributed by atoms with E-state index in [1.165, 1.54) is 22.3 Å². The fourth-order valence-corrected chi connectivity index (χ4v) is 6.07. The molecule has 1 unspecified atom stereocenters. The Hall–Kier alpha value is -1.60. The van der Waals surface area contributed by atoms with Crippen LogP contribution in [0.3, 0.4) is 0 Å². The first-order chi connectivity index (χ1) is 12.4. The molecule has 142 valence electrons. The largest absolute Gasteiger partial charge is 0.332 e. The Balaban J connectivity index is 1.47. The van der Waals surface area contributed by atoms with Gasteiger partial charge in [0, 0.05) is 12.2 Å². The van der Waals surface area contributed by atoms with Gasteiger partial charge in [-0.1, -0.05) is 6.07 Å². The molecule has 7 heteroatoms. The van der Waals surface area contributed by atoms with E-state index in [1.54, 1.807) is 0 Å². The Morgan fingerprint density at radius 1 is 1.15 bits per heavy atom. The van der Waals surface area contributed by atoms with E-state index in [2.05, 4.69) is 21.0 Å². The molecule has 0 saturated carbocycles. The molecule has 0 aromatic heterocycles. The molecule has 0 radical (unpaired) electrons. The maximum absolute atomic E-state index is 12.5. The van der Waals surface area contributed by atoms with Gasteiger partial charge in [-0.3, -0.25) is 0 Å². The minimum absolute atomic E-state index is 0.00969. The Morgan fingerprint density at radius 2 is 1.81 bits per heavy atom. The van der Waals surface area contributed by atoms with Crippen LogP contribution in [0.5, 0.6) is 0 Å². The number of aryl methyl sites for hydroxylation is 2. The van der Waals surface area contributed by atoms with Crippen LogP contribution < -0.4 is 10.0 Å². The Kier molecular flexibility index (Phi) is 4.69. The van der Waals surface area contributed by atoms with Gasteiger partial charge in [-0.2, -0.15) is 0 Å². The summed E-state index contributed by atoms with van der Waals surface area (Å²) >= 11 is 0. The highest BCUT2D eigenvalue weighted by atomic mass is 32.2. The molecular formula is C19H27N3O3S. The van der Waals surface area contributed by atoms with Gasteiger partial charge >= 0.3 is 6.03 Å². The molecule has 4 rings (SSSR count). The van der Waals surface area contributed by atoms with E-state index >= 15 is 0 Å². The van der Waals surface area contributed by atoms with E-state index in [0.29, 0.717) is 0 Å². The zero-order valence-corrected chi connectivity index (χ0v) is 16.1. The first kappa shape index (κ1) is 17.8. The third kappa shape index (κ3) is 3.60. The maximum Gasteiger partial charge on any atom is 0.332 e. The van der Waals surface area contributed by atoms with Crippen molar-refractivity contribution in [2.45, 2.75) is 44.9 Å². The zero-order valence-electron chi connectivity index (χ0n) is 15.3. The molecule has 1 fully saturated rings. The van der Waals surface area contributed by atoms with E-state index in [-0.39, 0.29) is 11.7 Å². The van der Waals surface area contributed by atoms with Crippen molar-refractivity contribution in [3.8, 4) is 0 Å². The molecule has 2 aliphatic carbocycles. The molecule has 2 N–H and O–H groups in total. The van der Waals surface area contributed by atoms with Crippen LogP contribution in [0.25, 0.3) is 0 Å². The molecule has 0 spiro atoms. The van der Waals surface area contributed by atoms with Gasteiger partial charge in [0.1, 0.15) is 0 Å². The number of likely N-dealkylation sites (tertiary alicyclic amines) is 1. The van der Waals surface area contributed by atoms with Crippen LogP contribution in [0.15, 0.2) is 6.07 Å². The molecule has 2 amide bonds. The van der Waals surface area contributed by atoms with Crippen molar-refractivity contribution in [2.24, 2.45) is 5.92 Å². The van der Waals surface area contributed by atoms with Crippen molar-refractivity contribution in [1.82, 2.24) is 9.62 Å². The van der Waals surface area contributed by atoms with Crippen LogP contribution in [0.4, 0.5) is 10.5 Å². The molecule has 3 aliphatic rings. The van der Waals surface area contributed by atoms with Crippen molar-refractivity contribution < 1.29 is 13.2 Å². The van der Waals surface area contributed by atoms with E-state index in [1.807, 2.05) is 7.05 Å². The maximum atomic E-state index is 12.5. The van der Waals surface area contributed by atoms with Crippen LogP contribution in [0.1, 0.15) is 41.5 Å². The van der Waals surface area contributed by atoms with E-state index in [0.717, 1.165) is 63.7 Å². The second kappa shape index (κ2) is 6.85. The summed E-state index contributed by atoms with van der Waals surface area (Å²) in [5.41, 5.74) is 5.92. The minimum Gasteiger partial charge on any atom is -0.307 e. The molecule has 26 heavy (non-hydrogen) atoms. The number of carbonyl (C=O) groups excluding carboxylic acids is 1. The van der Waals surface area contributed by atoms with Crippen LogP contribution in [0.2, 0.25) is 0 Å². The van der Waals surface area contributed by atoms with Crippen LogP contribution >= 0.6 is 0 Å². The van der Waals surface area contributed by atoms with Gasteiger partial charge in [-0.05, 0) is 86.7 Å². The van der Waals surface area contributed by atoms with E-state index in [9.17, 15) is 13.2 Å². The van der Waals surface area contributed by atoms with Gasteiger partial charge in [0.25, 0.3) is 0 Å². The second-order valence-corrected chi connectivity index (χ2v) is 9.76. The molecule has 1 aromatic rings. The fraction of sp³-hybridized carbons (Fsp3) is 0.632. The molecule has 6 nitrogen and oxygen atoms in total. The van der Waals surface area contributed by atoms with Gasteiger partial charge < -0.3 is 10.2 Å². The van der Waals surface area contributed by atoms with Gasteiger partial charge in [0.15, 0.2) is 0 Å². The van der Waals surface area contributed by atoms with Crippen molar-refractivity contribution in [2.75, 3.05) is 31.2 Å². The number of fused-ring (bicyclic) bond motifs is 2. The second-order valence-electron chi connectivity index (χ2n) is 7.99. The average Bonchev–Trinajstić information content (AvgIpc) is 3.26. The fourth-order valence-electron chi connectivity index (χ4n) is 4.76. The predicted molar refractivity (Wildman–Crippen MR) is 102 cm³/mol. The number of nitrogens with one attached hydrogen (secondary N) is 2. The number of urea groups is 1. The van der Waals surface area contributed by atoms with E-state index < -0.39 is 16.1 Å². The molecule has 1 atom stereocenters. The van der Waals surface area contributed by atoms with Gasteiger partial charge in [0.05, 0.1) is 5.75 Å². The Morgan fingerprint density at radius 3 is 2.38 bits per heavy atom. The smallest absolute Gasteiger partial charge is 0.307 e. The van der Waals surface area contributed by atoms with Gasteiger partial charge in [0.2, 0.25) is 10.0 Å². The molecule has 1 aromatic carbocycles. The third-order valence-corrected chi connectivity index (χ3v) is 7.31. The van der Waals surface area contributed by atoms with Crippen LogP contribution in [-0.4, -0.2) is 45.2 Å². The summed E-state index contributed by atoms with van der Waals surface area (Å²) in [6.07, 6.45) is 7.07. The molecule has 1 heterocycles. The lowest BCUT2D eigenvalue weighted by Crippen LogP contribution is -2.38. The number of anilines is 1. The topological polar surface area (TPSA) is 78.5 Å². The number of rotatable bonds is 4. The molecular weight excluding hydrogens is 350 g/mol. The number of nitrogens with zero attached hydrogens (tertiary/aromatic N) is 1. The van der Waals surface area contributed by atoms with E-state index in [4.69, 9.17) is 0 Å². The number of amides is 2. The number of carbonyl (C=O) groups is 1. The number of benzene rings is 1. The van der Waals surface area contributed by atoms with Crippen molar-refractivity contribution >= 4 is 21.7 Å². The van der Waals surface area contributed by atoms with Crippen molar-refractivity contribution in [1.29, 1.82) is 0 Å². The summed E-state index contributed by atoms with van der Waals surface area (Å²) in [7, 11) is -1.64. The Bertz CT molecular complexity index is 803. The molecule has 1 saturated heterocycles. The first-order valence-corrected chi connectivity index (χ1v) is 11.2. The normalized spacial score (nSPS) is 22.3. The summed E-state index contributed by atoms with van der Waals surface area (Å²) in [6, 6.07) is 1.67. The lowest BCUT2D eigenvalue weighted by atomic mass is 9.99. The first-order valence-electron chi connectivity index (χ1n) is 9.58. The lowest BCUT2D eigenvalue weighted by molar-refractivity contribution is 0.256. The SMILES string of the molecule is CN1CCC(CS(=O)(=O)NC(=O)Nc2c3c(cc4c2CCC4)CCC3)C1. The molecule has 1 aliphatic heterocycles. The van der Waals surface area contributed by atoms with Gasteiger partial charge in [-0.25, -0.2) is 17.9 Å². The average molecular weight is 378 g/mol. The number of hydrogen-bond acceptors (Lipinski definition) is 4. The van der Waals surface area contributed by atoms with Crippen molar-refractivity contribution in [3.05, 3.63) is 28.3 Å². The van der Waals surface area contributed by atoms with Crippen molar-refractivity contribution in [3.63, 3.8) is 0 Å². The highest BCUT2D eigenvalue weighted by molar-refractivity contribution is 7.90. The molecule has 0 bridgehead atoms. The summed E-state index contributed by atoms with van der Waals surface area (Å²) < 4.78 is 27.0. The zero-order chi connectivity index (χ0) is 18.3. The summed E-state index contributed by atoms with van der Waals surface area (Å²) in [4.78, 5) is 14.6. The number of hydrogen-bond donors (Lipinski definition) is 2. The Labute approximate surface area is 155 Å². The van der Waals surface area contributed by atoms with Gasteiger partial charge in [-0.15, -0.1) is 0 Å².